The molecule has 0 aliphatic carbocycles. The van der Waals surface area contributed by atoms with Gasteiger partial charge < -0.3 is 15.5 Å². The fourth-order valence-electron chi connectivity index (χ4n) is 2.63. The molecule has 1 aromatic carbocycles. The van der Waals surface area contributed by atoms with E-state index in [1.54, 1.807) is 12.1 Å². The van der Waals surface area contributed by atoms with Crippen LogP contribution in [0.3, 0.4) is 0 Å². The first-order valence-corrected chi connectivity index (χ1v) is 10.1. The normalized spacial score (nSPS) is 16.2. The highest BCUT2D eigenvalue weighted by molar-refractivity contribution is 7.89. The van der Waals surface area contributed by atoms with Gasteiger partial charge >= 0.3 is 0 Å². The van der Waals surface area contributed by atoms with Crippen molar-refractivity contribution in [2.24, 2.45) is 0 Å². The molecule has 1 fully saturated rings. The van der Waals surface area contributed by atoms with Crippen LogP contribution in [0.1, 0.15) is 23.7 Å². The second-order valence-corrected chi connectivity index (χ2v) is 8.27. The number of nitrogens with one attached hydrogen (secondary N) is 2. The van der Waals surface area contributed by atoms with Crippen LogP contribution in [0.25, 0.3) is 0 Å². The zero-order valence-electron chi connectivity index (χ0n) is 15.2. The van der Waals surface area contributed by atoms with E-state index in [0.717, 1.165) is 0 Å². The molecule has 1 aliphatic rings. The smallest absolute Gasteiger partial charge is 0.251 e. The third kappa shape index (κ3) is 5.52. The molecule has 1 aromatic rings. The van der Waals surface area contributed by atoms with Crippen molar-refractivity contribution < 1.29 is 18.0 Å². The lowest BCUT2D eigenvalue weighted by atomic mass is 10.2. The van der Waals surface area contributed by atoms with E-state index in [9.17, 15) is 18.0 Å². The van der Waals surface area contributed by atoms with Gasteiger partial charge in [0.15, 0.2) is 0 Å². The van der Waals surface area contributed by atoms with E-state index in [4.69, 9.17) is 0 Å². The minimum absolute atomic E-state index is 0.113. The molecule has 8 nitrogen and oxygen atoms in total. The topological polar surface area (TPSA) is 98.8 Å². The van der Waals surface area contributed by atoms with Gasteiger partial charge in [-0.1, -0.05) is 6.07 Å². The van der Waals surface area contributed by atoms with Crippen molar-refractivity contribution in [2.45, 2.75) is 18.2 Å². The molecule has 2 rings (SSSR count). The van der Waals surface area contributed by atoms with E-state index in [-0.39, 0.29) is 16.7 Å². The Morgan fingerprint density at radius 1 is 1.08 bits per heavy atom. The summed E-state index contributed by atoms with van der Waals surface area (Å²) in [4.78, 5) is 25.2. The Hall–Kier alpha value is -1.97. The third-order valence-corrected chi connectivity index (χ3v) is 6.10. The first kappa shape index (κ1) is 20.3. The third-order valence-electron chi connectivity index (χ3n) is 4.21. The molecule has 1 aliphatic heterocycles. The van der Waals surface area contributed by atoms with E-state index in [1.807, 2.05) is 7.05 Å². The Morgan fingerprint density at radius 3 is 2.38 bits per heavy atom. The SMILES string of the molecule is CC(=O)NCCCNC(=O)c1cccc(S(=O)(=O)N2CCN(C)CC2)c1. The number of nitrogens with zero attached hydrogens (tertiary/aromatic N) is 2. The quantitative estimate of drug-likeness (QED) is 0.641. The number of carbonyl (C=O) groups excluding carboxylic acids is 2. The van der Waals surface area contributed by atoms with Crippen molar-refractivity contribution in [1.82, 2.24) is 19.8 Å². The van der Waals surface area contributed by atoms with Crippen LogP contribution in [0.15, 0.2) is 29.2 Å². The molecular formula is C17H26N4O4S. The molecule has 1 saturated heterocycles. The Morgan fingerprint density at radius 2 is 1.73 bits per heavy atom. The summed E-state index contributed by atoms with van der Waals surface area (Å²) in [6.07, 6.45) is 0.602. The van der Waals surface area contributed by atoms with Crippen LogP contribution in [-0.2, 0) is 14.8 Å². The molecule has 0 bridgehead atoms. The molecule has 0 aromatic heterocycles. The van der Waals surface area contributed by atoms with Gasteiger partial charge in [0.1, 0.15) is 0 Å². The van der Waals surface area contributed by atoms with E-state index >= 15 is 0 Å². The maximum atomic E-state index is 12.8. The van der Waals surface area contributed by atoms with Gasteiger partial charge in [0.25, 0.3) is 5.91 Å². The standard InChI is InChI=1S/C17H26N4O4S/c1-14(22)18-7-4-8-19-17(23)15-5-3-6-16(13-15)26(24,25)21-11-9-20(2)10-12-21/h3,5-6,13H,4,7-12H2,1-2H3,(H,18,22)(H,19,23). The molecule has 0 radical (unpaired) electrons. The predicted molar refractivity (Wildman–Crippen MR) is 98.3 cm³/mol. The molecule has 2 N–H and O–H groups in total. The van der Waals surface area contributed by atoms with Crippen molar-refractivity contribution in [3.8, 4) is 0 Å². The summed E-state index contributed by atoms with van der Waals surface area (Å²) in [7, 11) is -1.64. The predicted octanol–water partition coefficient (Wildman–Crippen LogP) is -0.121. The number of amides is 2. The minimum Gasteiger partial charge on any atom is -0.356 e. The number of hydrogen-bond donors (Lipinski definition) is 2. The fraction of sp³-hybridized carbons (Fsp3) is 0.529. The van der Waals surface area contributed by atoms with Crippen LogP contribution in [0.4, 0.5) is 0 Å². The molecule has 0 saturated carbocycles. The summed E-state index contributed by atoms with van der Waals surface area (Å²) in [5.74, 6) is -0.443. The first-order chi connectivity index (χ1) is 12.3. The van der Waals surface area contributed by atoms with Gasteiger partial charge in [-0.05, 0) is 31.7 Å². The number of carbonyl (C=O) groups is 2. The molecule has 0 unspecified atom stereocenters. The Bertz CT molecular complexity index is 743. The Labute approximate surface area is 154 Å². The van der Waals surface area contributed by atoms with Crippen molar-refractivity contribution in [1.29, 1.82) is 0 Å². The average molecular weight is 382 g/mol. The molecule has 2 amide bonds. The van der Waals surface area contributed by atoms with Crippen LogP contribution in [-0.4, -0.2) is 75.8 Å². The highest BCUT2D eigenvalue weighted by atomic mass is 32.2. The van der Waals surface area contributed by atoms with Gasteiger partial charge in [-0.2, -0.15) is 4.31 Å². The number of rotatable bonds is 7. The molecule has 0 spiro atoms. The molecule has 9 heteroatoms. The average Bonchev–Trinajstić information content (AvgIpc) is 2.61. The summed E-state index contributed by atoms with van der Waals surface area (Å²) in [5.41, 5.74) is 0.305. The second-order valence-electron chi connectivity index (χ2n) is 6.33. The van der Waals surface area contributed by atoms with E-state index in [2.05, 4.69) is 15.5 Å². The number of benzene rings is 1. The van der Waals surface area contributed by atoms with Crippen LogP contribution >= 0.6 is 0 Å². The molecule has 1 heterocycles. The van der Waals surface area contributed by atoms with Crippen LogP contribution in [0, 0.1) is 0 Å². The Balaban J connectivity index is 1.98. The fourth-order valence-corrected chi connectivity index (χ4v) is 4.10. The van der Waals surface area contributed by atoms with Crippen LogP contribution < -0.4 is 10.6 Å². The van der Waals surface area contributed by atoms with Crippen molar-refractivity contribution in [2.75, 3.05) is 46.3 Å². The highest BCUT2D eigenvalue weighted by Crippen LogP contribution is 2.18. The van der Waals surface area contributed by atoms with Gasteiger partial charge in [-0.3, -0.25) is 9.59 Å². The van der Waals surface area contributed by atoms with Gasteiger partial charge in [-0.15, -0.1) is 0 Å². The Kier molecular flexibility index (Phi) is 7.13. The van der Waals surface area contributed by atoms with Crippen molar-refractivity contribution >= 4 is 21.8 Å². The summed E-state index contributed by atoms with van der Waals surface area (Å²) < 4.78 is 27.0. The monoisotopic (exact) mass is 382 g/mol. The second kappa shape index (κ2) is 9.11. The van der Waals surface area contributed by atoms with Crippen molar-refractivity contribution in [3.63, 3.8) is 0 Å². The molecule has 144 valence electrons. The molecule has 26 heavy (non-hydrogen) atoms. The first-order valence-electron chi connectivity index (χ1n) is 8.62. The number of likely N-dealkylation sites (N-methyl/N-ethyl adjacent to an activating group) is 1. The summed E-state index contributed by atoms with van der Waals surface area (Å²) >= 11 is 0. The zero-order valence-corrected chi connectivity index (χ0v) is 16.0. The lowest BCUT2D eigenvalue weighted by Crippen LogP contribution is -2.47. The van der Waals surface area contributed by atoms with E-state index in [0.29, 0.717) is 51.3 Å². The lowest BCUT2D eigenvalue weighted by molar-refractivity contribution is -0.118. The largest absolute Gasteiger partial charge is 0.356 e. The maximum Gasteiger partial charge on any atom is 0.251 e. The lowest BCUT2D eigenvalue weighted by Gasteiger charge is -2.31. The van der Waals surface area contributed by atoms with Crippen LogP contribution in [0.2, 0.25) is 0 Å². The van der Waals surface area contributed by atoms with Gasteiger partial charge in [-0.25, -0.2) is 8.42 Å². The maximum absolute atomic E-state index is 12.8. The minimum atomic E-state index is -3.60. The molecule has 0 atom stereocenters. The van der Waals surface area contributed by atoms with Gasteiger partial charge in [0.05, 0.1) is 4.90 Å². The molecular weight excluding hydrogens is 356 g/mol. The number of hydrogen-bond acceptors (Lipinski definition) is 5. The van der Waals surface area contributed by atoms with Gasteiger partial charge in [0, 0.05) is 51.8 Å². The van der Waals surface area contributed by atoms with Crippen LogP contribution in [0.5, 0.6) is 0 Å². The number of sulfonamides is 1. The summed E-state index contributed by atoms with van der Waals surface area (Å²) in [6.45, 7) is 4.57. The van der Waals surface area contributed by atoms with Gasteiger partial charge in [0.2, 0.25) is 15.9 Å². The summed E-state index contributed by atoms with van der Waals surface area (Å²) in [6, 6.07) is 6.10. The highest BCUT2D eigenvalue weighted by Gasteiger charge is 2.27. The van der Waals surface area contributed by atoms with Crippen molar-refractivity contribution in [3.05, 3.63) is 29.8 Å². The van der Waals surface area contributed by atoms with E-state index in [1.165, 1.54) is 23.4 Å². The van der Waals surface area contributed by atoms with E-state index < -0.39 is 10.0 Å². The zero-order chi connectivity index (χ0) is 19.2. The summed E-state index contributed by atoms with van der Waals surface area (Å²) in [5, 5.41) is 5.38. The number of piperazine rings is 1.